The molecule has 2 heterocycles. The molecule has 0 fully saturated rings. The molecule has 7 heteroatoms. The molecule has 0 amide bonds. The van der Waals surface area contributed by atoms with E-state index in [1.54, 1.807) is 11.8 Å². The first-order valence-electron chi connectivity index (χ1n) is 10.6. The van der Waals surface area contributed by atoms with E-state index in [0.717, 1.165) is 35.3 Å². The lowest BCUT2D eigenvalue weighted by atomic mass is 9.84. The van der Waals surface area contributed by atoms with Crippen LogP contribution in [0.2, 0.25) is 0 Å². The van der Waals surface area contributed by atoms with Gasteiger partial charge in [-0.15, -0.1) is 0 Å². The average Bonchev–Trinajstić information content (AvgIpc) is 3.14. The molecule has 3 aromatic rings. The number of nitrogens with zero attached hydrogens (tertiary/aromatic N) is 3. The van der Waals surface area contributed by atoms with Gasteiger partial charge in [0, 0.05) is 0 Å². The molecule has 0 unspecified atom stereocenters. The number of unbranched alkanes of at least 4 members (excludes halogenated alkanes) is 1. The summed E-state index contributed by atoms with van der Waals surface area (Å²) < 4.78 is 19.1. The van der Waals surface area contributed by atoms with Gasteiger partial charge >= 0.3 is 0 Å². The van der Waals surface area contributed by atoms with E-state index in [1.165, 1.54) is 0 Å². The van der Waals surface area contributed by atoms with Gasteiger partial charge in [0.2, 0.25) is 11.8 Å². The van der Waals surface area contributed by atoms with Gasteiger partial charge in [-0.25, -0.2) is 4.68 Å². The summed E-state index contributed by atoms with van der Waals surface area (Å²) in [5.41, 5.74) is 9.82. The van der Waals surface area contributed by atoms with Crippen LogP contribution in [0.3, 0.4) is 0 Å². The second-order valence-corrected chi connectivity index (χ2v) is 7.59. The molecule has 0 saturated carbocycles. The number of aryl methyl sites for hydroxylation is 1. The molecule has 1 atom stereocenters. The molecule has 1 aromatic heterocycles. The predicted octanol–water partition coefficient (Wildman–Crippen LogP) is 4.59. The fourth-order valence-electron chi connectivity index (χ4n) is 3.90. The van der Waals surface area contributed by atoms with Gasteiger partial charge in [0.05, 0.1) is 36.6 Å². The average molecular weight is 431 g/mol. The minimum Gasteiger partial charge on any atom is -0.493 e. The summed E-state index contributed by atoms with van der Waals surface area (Å²) in [4.78, 5) is 0. The van der Waals surface area contributed by atoms with E-state index in [0.29, 0.717) is 29.6 Å². The van der Waals surface area contributed by atoms with Gasteiger partial charge < -0.3 is 19.9 Å². The van der Waals surface area contributed by atoms with Crippen molar-refractivity contribution >= 4 is 0 Å². The van der Waals surface area contributed by atoms with Crippen LogP contribution in [-0.2, 0) is 0 Å². The third-order valence-electron chi connectivity index (χ3n) is 5.51. The zero-order valence-corrected chi connectivity index (χ0v) is 18.5. The van der Waals surface area contributed by atoms with Gasteiger partial charge in [-0.05, 0) is 43.2 Å². The standard InChI is InChI=1S/C25H26N4O3/c1-4-5-13-31-20-12-11-17(14-21(20)30-3)23-19(15-26)24(27)32-25-22(23)16(2)28-29(25)18-9-7-6-8-10-18/h6-12,14,23H,4-5,13,27H2,1-3H3/t23-/m1/s1. The van der Waals surface area contributed by atoms with Crippen molar-refractivity contribution in [3.05, 3.63) is 76.8 Å². The first kappa shape index (κ1) is 21.3. The van der Waals surface area contributed by atoms with Crippen molar-refractivity contribution in [1.82, 2.24) is 9.78 Å². The number of benzene rings is 2. The second kappa shape index (κ2) is 9.06. The first-order valence-corrected chi connectivity index (χ1v) is 10.6. The maximum Gasteiger partial charge on any atom is 0.229 e. The number of aromatic nitrogens is 2. The van der Waals surface area contributed by atoms with Crippen molar-refractivity contribution in [3.63, 3.8) is 0 Å². The number of fused-ring (bicyclic) bond motifs is 1. The Balaban J connectivity index is 1.83. The van der Waals surface area contributed by atoms with Gasteiger partial charge in [-0.2, -0.15) is 10.4 Å². The second-order valence-electron chi connectivity index (χ2n) is 7.59. The first-order chi connectivity index (χ1) is 15.6. The lowest BCUT2D eigenvalue weighted by Gasteiger charge is -2.25. The Morgan fingerprint density at radius 3 is 2.66 bits per heavy atom. The fourth-order valence-corrected chi connectivity index (χ4v) is 3.90. The van der Waals surface area contributed by atoms with Gasteiger partial charge in [0.15, 0.2) is 11.5 Å². The van der Waals surface area contributed by atoms with E-state index < -0.39 is 5.92 Å². The van der Waals surface area contributed by atoms with Gasteiger partial charge in [0.1, 0.15) is 11.6 Å². The number of nitriles is 1. The van der Waals surface area contributed by atoms with Crippen molar-refractivity contribution in [2.24, 2.45) is 5.73 Å². The Morgan fingerprint density at radius 2 is 1.97 bits per heavy atom. The molecule has 2 aromatic carbocycles. The van der Waals surface area contributed by atoms with E-state index >= 15 is 0 Å². The summed E-state index contributed by atoms with van der Waals surface area (Å²) in [5, 5.41) is 14.6. The molecule has 164 valence electrons. The van der Waals surface area contributed by atoms with Crippen LogP contribution in [0, 0.1) is 18.3 Å². The fraction of sp³-hybridized carbons (Fsp3) is 0.280. The van der Waals surface area contributed by atoms with Crippen molar-refractivity contribution in [3.8, 4) is 29.1 Å². The Morgan fingerprint density at radius 1 is 1.19 bits per heavy atom. The molecule has 4 rings (SSSR count). The number of methoxy groups -OCH3 is 1. The van der Waals surface area contributed by atoms with E-state index in [-0.39, 0.29) is 5.88 Å². The van der Waals surface area contributed by atoms with Crippen LogP contribution < -0.4 is 19.9 Å². The number of ether oxygens (including phenoxy) is 3. The maximum atomic E-state index is 9.91. The molecule has 0 spiro atoms. The molecule has 0 bridgehead atoms. The summed E-state index contributed by atoms with van der Waals surface area (Å²) in [6, 6.07) is 17.6. The molecule has 7 nitrogen and oxygen atoms in total. The highest BCUT2D eigenvalue weighted by Crippen LogP contribution is 2.46. The predicted molar refractivity (Wildman–Crippen MR) is 121 cm³/mol. The summed E-state index contributed by atoms with van der Waals surface area (Å²) in [6.45, 7) is 4.64. The normalized spacial score (nSPS) is 15.0. The Labute approximate surface area is 187 Å². The molecule has 0 aliphatic carbocycles. The van der Waals surface area contributed by atoms with Crippen LogP contribution in [0.25, 0.3) is 5.69 Å². The lowest BCUT2D eigenvalue weighted by molar-refractivity contribution is 0.288. The van der Waals surface area contributed by atoms with Gasteiger partial charge in [-0.3, -0.25) is 0 Å². The van der Waals surface area contributed by atoms with Crippen molar-refractivity contribution < 1.29 is 14.2 Å². The topological polar surface area (TPSA) is 95.3 Å². The third-order valence-corrected chi connectivity index (χ3v) is 5.51. The molecular formula is C25H26N4O3. The number of nitrogens with two attached hydrogens (primary N) is 1. The summed E-state index contributed by atoms with van der Waals surface area (Å²) >= 11 is 0. The van der Waals surface area contributed by atoms with Crippen LogP contribution in [0.15, 0.2) is 60.0 Å². The largest absolute Gasteiger partial charge is 0.493 e. The van der Waals surface area contributed by atoms with E-state index in [2.05, 4.69) is 13.0 Å². The minimum absolute atomic E-state index is 0.0734. The monoisotopic (exact) mass is 430 g/mol. The molecule has 2 N–H and O–H groups in total. The van der Waals surface area contributed by atoms with Crippen LogP contribution in [-0.4, -0.2) is 23.5 Å². The summed E-state index contributed by atoms with van der Waals surface area (Å²) in [5.74, 6) is 1.43. The van der Waals surface area contributed by atoms with Crippen LogP contribution in [0.4, 0.5) is 0 Å². The SMILES string of the molecule is CCCCOc1ccc([C@@H]2C(C#N)=C(N)Oc3c2c(C)nn3-c2ccccc2)cc1OC. The van der Waals surface area contributed by atoms with Crippen LogP contribution >= 0.6 is 0 Å². The maximum absolute atomic E-state index is 9.91. The molecule has 0 saturated heterocycles. The highest BCUT2D eigenvalue weighted by Gasteiger charge is 2.36. The molecule has 0 radical (unpaired) electrons. The van der Waals surface area contributed by atoms with Crippen molar-refractivity contribution in [2.45, 2.75) is 32.6 Å². The molecule has 1 aliphatic rings. The summed E-state index contributed by atoms with van der Waals surface area (Å²) in [6.07, 6.45) is 2.01. The smallest absolute Gasteiger partial charge is 0.229 e. The summed E-state index contributed by atoms with van der Waals surface area (Å²) in [7, 11) is 1.61. The number of para-hydroxylation sites is 1. The lowest BCUT2D eigenvalue weighted by Crippen LogP contribution is -2.22. The zero-order valence-electron chi connectivity index (χ0n) is 18.5. The van der Waals surface area contributed by atoms with E-state index in [4.69, 9.17) is 25.0 Å². The Hall–Kier alpha value is -3.92. The number of rotatable bonds is 7. The number of hydrogen-bond acceptors (Lipinski definition) is 6. The quantitative estimate of drug-likeness (QED) is 0.551. The van der Waals surface area contributed by atoms with E-state index in [1.807, 2.05) is 55.5 Å². The molecule has 1 aliphatic heterocycles. The zero-order chi connectivity index (χ0) is 22.7. The minimum atomic E-state index is -0.431. The highest BCUT2D eigenvalue weighted by atomic mass is 16.5. The van der Waals surface area contributed by atoms with Crippen LogP contribution in [0.5, 0.6) is 17.4 Å². The van der Waals surface area contributed by atoms with E-state index in [9.17, 15) is 5.26 Å². The highest BCUT2D eigenvalue weighted by molar-refractivity contribution is 5.59. The third kappa shape index (κ3) is 3.76. The van der Waals surface area contributed by atoms with Crippen molar-refractivity contribution in [1.29, 1.82) is 5.26 Å². The van der Waals surface area contributed by atoms with Gasteiger partial charge in [-0.1, -0.05) is 37.6 Å². The molecular weight excluding hydrogens is 404 g/mol. The van der Waals surface area contributed by atoms with Crippen molar-refractivity contribution in [2.75, 3.05) is 13.7 Å². The van der Waals surface area contributed by atoms with Crippen LogP contribution in [0.1, 0.15) is 42.5 Å². The molecule has 32 heavy (non-hydrogen) atoms. The Kier molecular flexibility index (Phi) is 6.04. The number of allylic oxidation sites excluding steroid dienone is 1. The Bertz CT molecular complexity index is 1190. The number of hydrogen-bond donors (Lipinski definition) is 1. The van der Waals surface area contributed by atoms with Gasteiger partial charge in [0.25, 0.3) is 0 Å².